The highest BCUT2D eigenvalue weighted by Gasteiger charge is 2.26. The van der Waals surface area contributed by atoms with Gasteiger partial charge in [-0.1, -0.05) is 0 Å². The Labute approximate surface area is 117 Å². The summed E-state index contributed by atoms with van der Waals surface area (Å²) in [6.45, 7) is 0. The van der Waals surface area contributed by atoms with E-state index in [1.807, 2.05) is 0 Å². The van der Waals surface area contributed by atoms with Gasteiger partial charge in [0.15, 0.2) is 9.84 Å². The van der Waals surface area contributed by atoms with Crippen LogP contribution in [0.15, 0.2) is 18.2 Å². The molecule has 1 fully saturated rings. The predicted molar refractivity (Wildman–Crippen MR) is 74.9 cm³/mol. The van der Waals surface area contributed by atoms with Crippen LogP contribution in [0.2, 0.25) is 0 Å². The number of nitro benzene ring substituents is 1. The highest BCUT2D eigenvalue weighted by molar-refractivity contribution is 7.91. The second kappa shape index (κ2) is 5.66. The predicted octanol–water partition coefficient (Wildman–Crippen LogP) is 1.59. The van der Waals surface area contributed by atoms with Crippen LogP contribution in [0, 0.1) is 10.1 Å². The number of nitro groups is 1. The van der Waals surface area contributed by atoms with Crippen molar-refractivity contribution in [2.75, 3.05) is 23.9 Å². The zero-order chi connectivity index (χ0) is 14.8. The molecule has 0 bridgehead atoms. The van der Waals surface area contributed by atoms with E-state index in [1.54, 1.807) is 0 Å². The Bertz CT molecular complexity index is 614. The van der Waals surface area contributed by atoms with Gasteiger partial charge in [-0.3, -0.25) is 10.1 Å². The van der Waals surface area contributed by atoms with Gasteiger partial charge in [0, 0.05) is 18.2 Å². The van der Waals surface area contributed by atoms with E-state index in [0.717, 1.165) is 0 Å². The molecular weight excluding hydrogens is 284 g/mol. The molecule has 1 saturated heterocycles. The molecule has 110 valence electrons. The minimum atomic E-state index is -3.06. The summed E-state index contributed by atoms with van der Waals surface area (Å²) in [7, 11) is -1.60. The molecule has 1 unspecified atom stereocenters. The van der Waals surface area contributed by atoms with Crippen LogP contribution < -0.4 is 10.1 Å². The third-order valence-corrected chi connectivity index (χ3v) is 5.04. The first-order valence-electron chi connectivity index (χ1n) is 6.21. The summed E-state index contributed by atoms with van der Waals surface area (Å²) in [5.74, 6) is 0.670. The van der Waals surface area contributed by atoms with Gasteiger partial charge < -0.3 is 10.1 Å². The Morgan fingerprint density at radius 2 is 2.20 bits per heavy atom. The van der Waals surface area contributed by atoms with Crippen molar-refractivity contribution in [3.05, 3.63) is 28.3 Å². The maximum absolute atomic E-state index is 11.6. The van der Waals surface area contributed by atoms with Crippen LogP contribution in [0.5, 0.6) is 5.75 Å². The van der Waals surface area contributed by atoms with Gasteiger partial charge in [0.25, 0.3) is 5.69 Å². The molecular formula is C12H16N2O5S. The highest BCUT2D eigenvalue weighted by atomic mass is 32.2. The summed E-state index contributed by atoms with van der Waals surface area (Å²) in [6.07, 6.45) is 1.24. The number of rotatable bonds is 4. The zero-order valence-electron chi connectivity index (χ0n) is 11.0. The fraction of sp³-hybridized carbons (Fsp3) is 0.500. The van der Waals surface area contributed by atoms with Crippen molar-refractivity contribution in [2.45, 2.75) is 18.9 Å². The number of benzene rings is 1. The van der Waals surface area contributed by atoms with Crippen LogP contribution in [-0.4, -0.2) is 38.0 Å². The molecule has 0 amide bonds. The molecule has 0 spiro atoms. The maximum atomic E-state index is 11.6. The van der Waals surface area contributed by atoms with Crippen LogP contribution >= 0.6 is 0 Å². The molecule has 7 nitrogen and oxygen atoms in total. The van der Waals surface area contributed by atoms with E-state index in [0.29, 0.717) is 18.6 Å². The lowest BCUT2D eigenvalue weighted by Gasteiger charge is -2.24. The zero-order valence-corrected chi connectivity index (χ0v) is 11.9. The molecule has 1 aromatic carbocycles. The summed E-state index contributed by atoms with van der Waals surface area (Å²) in [6, 6.07) is 4.05. The lowest BCUT2D eigenvalue weighted by atomic mass is 10.1. The first kappa shape index (κ1) is 14.6. The third kappa shape index (κ3) is 3.38. The molecule has 0 radical (unpaired) electrons. The Hall–Kier alpha value is -1.83. The number of nitrogens with one attached hydrogen (secondary N) is 1. The molecule has 1 aliphatic heterocycles. The lowest BCUT2D eigenvalue weighted by Crippen LogP contribution is -2.34. The molecule has 0 aliphatic carbocycles. The summed E-state index contributed by atoms with van der Waals surface area (Å²) in [5, 5.41) is 14.0. The second-order valence-corrected chi connectivity index (χ2v) is 6.97. The van der Waals surface area contributed by atoms with Gasteiger partial charge in [-0.2, -0.15) is 0 Å². The van der Waals surface area contributed by atoms with E-state index >= 15 is 0 Å². The van der Waals surface area contributed by atoms with E-state index in [-0.39, 0.29) is 28.9 Å². The monoisotopic (exact) mass is 300 g/mol. The Morgan fingerprint density at radius 1 is 1.45 bits per heavy atom. The molecule has 2 rings (SSSR count). The van der Waals surface area contributed by atoms with Crippen molar-refractivity contribution in [3.8, 4) is 5.75 Å². The normalized spacial score (nSPS) is 21.1. The van der Waals surface area contributed by atoms with Crippen LogP contribution in [0.3, 0.4) is 0 Å². The van der Waals surface area contributed by atoms with E-state index in [2.05, 4.69) is 5.32 Å². The molecule has 1 N–H and O–H groups in total. The molecule has 1 atom stereocenters. The Kier molecular flexibility index (Phi) is 4.12. The fourth-order valence-corrected chi connectivity index (χ4v) is 3.91. The number of ether oxygens (including phenoxy) is 1. The summed E-state index contributed by atoms with van der Waals surface area (Å²) < 4.78 is 28.2. The number of hydrogen-bond donors (Lipinski definition) is 1. The first-order chi connectivity index (χ1) is 9.41. The van der Waals surface area contributed by atoms with Gasteiger partial charge in [-0.05, 0) is 18.9 Å². The van der Waals surface area contributed by atoms with Gasteiger partial charge in [0.1, 0.15) is 11.4 Å². The maximum Gasteiger partial charge on any atom is 0.292 e. The molecule has 20 heavy (non-hydrogen) atoms. The fourth-order valence-electron chi connectivity index (χ4n) is 2.27. The SMILES string of the molecule is COc1ccc([N+](=O)[O-])c(NC2CCCS(=O)(=O)C2)c1. The number of methoxy groups -OCH3 is 1. The lowest BCUT2D eigenvalue weighted by molar-refractivity contribution is -0.384. The quantitative estimate of drug-likeness (QED) is 0.669. The average Bonchev–Trinajstić information content (AvgIpc) is 2.37. The van der Waals surface area contributed by atoms with Gasteiger partial charge in [-0.25, -0.2) is 8.42 Å². The number of anilines is 1. The topological polar surface area (TPSA) is 98.5 Å². The van der Waals surface area contributed by atoms with Gasteiger partial charge in [-0.15, -0.1) is 0 Å². The molecule has 0 saturated carbocycles. The highest BCUT2D eigenvalue weighted by Crippen LogP contribution is 2.30. The van der Waals surface area contributed by atoms with Crippen molar-refractivity contribution in [1.29, 1.82) is 0 Å². The number of sulfone groups is 1. The smallest absolute Gasteiger partial charge is 0.292 e. The van der Waals surface area contributed by atoms with Crippen molar-refractivity contribution in [3.63, 3.8) is 0 Å². The average molecular weight is 300 g/mol. The first-order valence-corrected chi connectivity index (χ1v) is 8.03. The standard InChI is InChI=1S/C12H16N2O5S/c1-19-10-4-5-12(14(15)16)11(7-10)13-9-3-2-6-20(17,18)8-9/h4-5,7,9,13H,2-3,6,8H2,1H3. The van der Waals surface area contributed by atoms with Crippen LogP contribution in [0.25, 0.3) is 0 Å². The molecule has 8 heteroatoms. The number of nitrogens with zero attached hydrogens (tertiary/aromatic N) is 1. The minimum Gasteiger partial charge on any atom is -0.497 e. The summed E-state index contributed by atoms with van der Waals surface area (Å²) >= 11 is 0. The van der Waals surface area contributed by atoms with Gasteiger partial charge >= 0.3 is 0 Å². The third-order valence-electron chi connectivity index (χ3n) is 3.22. The van der Waals surface area contributed by atoms with E-state index in [4.69, 9.17) is 4.74 Å². The number of hydrogen-bond acceptors (Lipinski definition) is 6. The van der Waals surface area contributed by atoms with Crippen molar-refractivity contribution in [2.24, 2.45) is 0 Å². The largest absolute Gasteiger partial charge is 0.497 e. The Balaban J connectivity index is 2.25. The molecule has 1 aliphatic rings. The van der Waals surface area contributed by atoms with E-state index in [9.17, 15) is 18.5 Å². The van der Waals surface area contributed by atoms with Crippen molar-refractivity contribution in [1.82, 2.24) is 0 Å². The van der Waals surface area contributed by atoms with E-state index < -0.39 is 14.8 Å². The minimum absolute atomic E-state index is 0.00135. The summed E-state index contributed by atoms with van der Waals surface area (Å²) in [5.41, 5.74) is 0.199. The summed E-state index contributed by atoms with van der Waals surface area (Å²) in [4.78, 5) is 10.5. The molecule has 1 aromatic rings. The molecule has 1 heterocycles. The Morgan fingerprint density at radius 3 is 2.80 bits per heavy atom. The van der Waals surface area contributed by atoms with Crippen LogP contribution in [-0.2, 0) is 9.84 Å². The molecule has 0 aromatic heterocycles. The van der Waals surface area contributed by atoms with Gasteiger partial charge in [0.05, 0.1) is 23.5 Å². The van der Waals surface area contributed by atoms with E-state index in [1.165, 1.54) is 25.3 Å². The van der Waals surface area contributed by atoms with Crippen molar-refractivity contribution < 1.29 is 18.1 Å². The van der Waals surface area contributed by atoms with Crippen LogP contribution in [0.1, 0.15) is 12.8 Å². The second-order valence-electron chi connectivity index (χ2n) is 4.74. The van der Waals surface area contributed by atoms with Crippen LogP contribution in [0.4, 0.5) is 11.4 Å². The van der Waals surface area contributed by atoms with Gasteiger partial charge in [0.2, 0.25) is 0 Å². The van der Waals surface area contributed by atoms with Crippen molar-refractivity contribution >= 4 is 21.2 Å².